The van der Waals surface area contributed by atoms with Crippen molar-refractivity contribution >= 4 is 22.6 Å². The summed E-state index contributed by atoms with van der Waals surface area (Å²) in [5.74, 6) is -0.713. The molecular weight excluding hydrogens is 320 g/mol. The van der Waals surface area contributed by atoms with E-state index in [0.29, 0.717) is 22.8 Å². The molecule has 1 aromatic heterocycles. The molecule has 0 spiro atoms. The Labute approximate surface area is 146 Å². The molecule has 0 unspecified atom stereocenters. The van der Waals surface area contributed by atoms with Crippen molar-refractivity contribution < 1.29 is 14.3 Å². The second kappa shape index (κ2) is 7.09. The molecule has 134 valence electrons. The first kappa shape index (κ1) is 18.7. The van der Waals surface area contributed by atoms with Gasteiger partial charge in [-0.15, -0.1) is 0 Å². The summed E-state index contributed by atoms with van der Waals surface area (Å²) in [6.45, 7) is 7.53. The van der Waals surface area contributed by atoms with Gasteiger partial charge in [0.05, 0.1) is 12.7 Å². The monoisotopic (exact) mass is 344 g/mol. The van der Waals surface area contributed by atoms with Gasteiger partial charge in [0, 0.05) is 17.1 Å². The van der Waals surface area contributed by atoms with Crippen LogP contribution in [-0.4, -0.2) is 29.1 Å². The summed E-state index contributed by atoms with van der Waals surface area (Å²) in [5.41, 5.74) is -0.389. The number of amides is 1. The average molecular weight is 344 g/mol. The van der Waals surface area contributed by atoms with Crippen molar-refractivity contribution in [3.63, 3.8) is 0 Å². The minimum Gasteiger partial charge on any atom is -0.465 e. The predicted molar refractivity (Wildman–Crippen MR) is 96.8 cm³/mol. The number of nitrogens with one attached hydrogen (secondary N) is 1. The molecule has 0 saturated carbocycles. The van der Waals surface area contributed by atoms with Crippen LogP contribution >= 0.6 is 0 Å². The van der Waals surface area contributed by atoms with E-state index < -0.39 is 12.0 Å². The fraction of sp³-hybridized carbons (Fsp3) is 0.421. The SMILES string of the molecule is CC[C@H](C(=O)NC(C)(C)C)n1ccc2ccc(C(=O)OC)cc2c1=O. The smallest absolute Gasteiger partial charge is 0.337 e. The molecule has 1 atom stereocenters. The molecule has 2 aromatic rings. The molecule has 0 aliphatic heterocycles. The highest BCUT2D eigenvalue weighted by molar-refractivity contribution is 5.95. The summed E-state index contributed by atoms with van der Waals surface area (Å²) >= 11 is 0. The number of hydrogen-bond donors (Lipinski definition) is 1. The highest BCUT2D eigenvalue weighted by Gasteiger charge is 2.24. The topological polar surface area (TPSA) is 77.4 Å². The first-order valence-corrected chi connectivity index (χ1v) is 8.23. The average Bonchev–Trinajstić information content (AvgIpc) is 2.55. The lowest BCUT2D eigenvalue weighted by Crippen LogP contribution is -2.45. The van der Waals surface area contributed by atoms with E-state index in [4.69, 9.17) is 4.74 Å². The molecule has 0 aliphatic carbocycles. The lowest BCUT2D eigenvalue weighted by Gasteiger charge is -2.25. The van der Waals surface area contributed by atoms with Gasteiger partial charge in [-0.3, -0.25) is 9.59 Å². The summed E-state index contributed by atoms with van der Waals surface area (Å²) in [7, 11) is 1.29. The Balaban J connectivity index is 2.53. The molecular formula is C19H24N2O4. The molecule has 6 heteroatoms. The van der Waals surface area contributed by atoms with Gasteiger partial charge in [0.2, 0.25) is 5.91 Å². The number of methoxy groups -OCH3 is 1. The minimum atomic E-state index is -0.613. The molecule has 0 fully saturated rings. The van der Waals surface area contributed by atoms with E-state index in [1.54, 1.807) is 24.4 Å². The quantitative estimate of drug-likeness (QED) is 0.865. The first-order valence-electron chi connectivity index (χ1n) is 8.23. The Hall–Kier alpha value is -2.63. The Morgan fingerprint density at radius 1 is 1.24 bits per heavy atom. The van der Waals surface area contributed by atoms with Gasteiger partial charge in [-0.05, 0) is 50.8 Å². The Bertz CT molecular complexity index is 862. The number of nitrogens with zero attached hydrogens (tertiary/aromatic N) is 1. The fourth-order valence-electron chi connectivity index (χ4n) is 2.71. The van der Waals surface area contributed by atoms with Gasteiger partial charge in [-0.25, -0.2) is 4.79 Å². The first-order chi connectivity index (χ1) is 11.7. The Kier molecular flexibility index (Phi) is 5.30. The van der Waals surface area contributed by atoms with Gasteiger partial charge >= 0.3 is 5.97 Å². The number of rotatable bonds is 4. The maximum atomic E-state index is 12.9. The molecule has 0 aliphatic rings. The van der Waals surface area contributed by atoms with Gasteiger partial charge in [-0.2, -0.15) is 0 Å². The number of carbonyl (C=O) groups excluding carboxylic acids is 2. The molecule has 0 bridgehead atoms. The molecule has 25 heavy (non-hydrogen) atoms. The van der Waals surface area contributed by atoms with Crippen LogP contribution in [0.3, 0.4) is 0 Å². The third-order valence-corrected chi connectivity index (χ3v) is 3.88. The zero-order chi connectivity index (χ0) is 18.8. The number of pyridine rings is 1. The lowest BCUT2D eigenvalue weighted by molar-refractivity contribution is -0.125. The van der Waals surface area contributed by atoms with Gasteiger partial charge < -0.3 is 14.6 Å². The predicted octanol–water partition coefficient (Wildman–Crippen LogP) is 2.65. The number of aromatic nitrogens is 1. The van der Waals surface area contributed by atoms with Crippen LogP contribution in [0, 0.1) is 0 Å². The van der Waals surface area contributed by atoms with Crippen molar-refractivity contribution in [2.75, 3.05) is 7.11 Å². The number of benzene rings is 1. The normalized spacial score (nSPS) is 12.7. The molecule has 0 saturated heterocycles. The van der Waals surface area contributed by atoms with Crippen LogP contribution in [0.5, 0.6) is 0 Å². The van der Waals surface area contributed by atoms with E-state index in [0.717, 1.165) is 0 Å². The number of esters is 1. The van der Waals surface area contributed by atoms with Crippen LogP contribution < -0.4 is 10.9 Å². The van der Waals surface area contributed by atoms with Crippen LogP contribution in [0.4, 0.5) is 0 Å². The zero-order valence-corrected chi connectivity index (χ0v) is 15.3. The summed E-state index contributed by atoms with van der Waals surface area (Å²) in [6.07, 6.45) is 2.10. The second-order valence-electron chi connectivity index (χ2n) is 6.99. The number of fused-ring (bicyclic) bond motifs is 1. The van der Waals surface area contributed by atoms with Crippen LogP contribution in [-0.2, 0) is 9.53 Å². The van der Waals surface area contributed by atoms with E-state index >= 15 is 0 Å². The summed E-state index contributed by atoms with van der Waals surface area (Å²) < 4.78 is 6.13. The van der Waals surface area contributed by atoms with Gasteiger partial charge in [0.15, 0.2) is 0 Å². The lowest BCUT2D eigenvalue weighted by atomic mass is 10.1. The van der Waals surface area contributed by atoms with Gasteiger partial charge in [0.25, 0.3) is 5.56 Å². The van der Waals surface area contributed by atoms with Crippen molar-refractivity contribution in [1.29, 1.82) is 0 Å². The maximum Gasteiger partial charge on any atom is 0.337 e. The zero-order valence-electron chi connectivity index (χ0n) is 15.3. The van der Waals surface area contributed by atoms with Gasteiger partial charge in [0.1, 0.15) is 6.04 Å². The van der Waals surface area contributed by atoms with Crippen molar-refractivity contribution in [2.24, 2.45) is 0 Å². The van der Waals surface area contributed by atoms with E-state index in [1.807, 2.05) is 27.7 Å². The largest absolute Gasteiger partial charge is 0.465 e. The Morgan fingerprint density at radius 3 is 2.48 bits per heavy atom. The van der Waals surface area contributed by atoms with E-state index in [2.05, 4.69) is 5.32 Å². The van der Waals surface area contributed by atoms with Crippen molar-refractivity contribution in [3.8, 4) is 0 Å². The van der Waals surface area contributed by atoms with Crippen molar-refractivity contribution in [1.82, 2.24) is 9.88 Å². The van der Waals surface area contributed by atoms with E-state index in [-0.39, 0.29) is 17.0 Å². The standard InChI is InChI=1S/C19H24N2O4/c1-6-15(16(22)20-19(2,3)4)21-10-9-12-7-8-13(18(24)25-5)11-14(12)17(21)23/h7-11,15H,6H2,1-5H3,(H,20,22)/t15-/m1/s1. The summed E-state index contributed by atoms with van der Waals surface area (Å²) in [6, 6.07) is 5.97. The minimum absolute atomic E-state index is 0.208. The molecule has 2 rings (SSSR count). The molecule has 1 heterocycles. The second-order valence-corrected chi connectivity index (χ2v) is 6.99. The molecule has 1 aromatic carbocycles. The van der Waals surface area contributed by atoms with E-state index in [1.165, 1.54) is 17.7 Å². The van der Waals surface area contributed by atoms with E-state index in [9.17, 15) is 14.4 Å². The number of carbonyl (C=O) groups is 2. The summed E-state index contributed by atoms with van der Waals surface area (Å²) in [5, 5.41) is 4.00. The Morgan fingerprint density at radius 2 is 1.92 bits per heavy atom. The van der Waals surface area contributed by atoms with Crippen LogP contribution in [0.1, 0.15) is 50.5 Å². The number of hydrogen-bond acceptors (Lipinski definition) is 4. The van der Waals surface area contributed by atoms with Crippen LogP contribution in [0.2, 0.25) is 0 Å². The third-order valence-electron chi connectivity index (χ3n) is 3.88. The van der Waals surface area contributed by atoms with Crippen LogP contribution in [0.15, 0.2) is 35.3 Å². The van der Waals surface area contributed by atoms with Gasteiger partial charge in [-0.1, -0.05) is 13.0 Å². The van der Waals surface area contributed by atoms with Crippen molar-refractivity contribution in [2.45, 2.75) is 45.7 Å². The summed E-state index contributed by atoms with van der Waals surface area (Å²) in [4.78, 5) is 37.2. The molecule has 1 amide bonds. The fourth-order valence-corrected chi connectivity index (χ4v) is 2.71. The number of ether oxygens (including phenoxy) is 1. The highest BCUT2D eigenvalue weighted by atomic mass is 16.5. The molecule has 0 radical (unpaired) electrons. The molecule has 6 nitrogen and oxygen atoms in total. The third kappa shape index (κ3) is 4.07. The highest BCUT2D eigenvalue weighted by Crippen LogP contribution is 2.17. The maximum absolute atomic E-state index is 12.9. The van der Waals surface area contributed by atoms with Crippen LogP contribution in [0.25, 0.3) is 10.8 Å². The van der Waals surface area contributed by atoms with Crippen molar-refractivity contribution in [3.05, 3.63) is 46.4 Å². The molecule has 1 N–H and O–H groups in total.